The topological polar surface area (TPSA) is 62.5 Å². The lowest BCUT2D eigenvalue weighted by Crippen LogP contribution is -2.28. The van der Waals surface area contributed by atoms with E-state index in [1.807, 2.05) is 24.5 Å². The highest BCUT2D eigenvalue weighted by Gasteiger charge is 2.13. The number of benzene rings is 1. The lowest BCUT2D eigenvalue weighted by molar-refractivity contribution is 0.0913. The molecule has 2 N–H and O–H groups in total. The molecule has 1 heterocycles. The summed E-state index contributed by atoms with van der Waals surface area (Å²) >= 11 is 1.52. The Labute approximate surface area is 115 Å². The molecular weight excluding hydrogens is 262 g/mol. The molecule has 1 aromatic heterocycles. The number of aliphatic hydroxyl groups excluding tert-OH is 1. The molecule has 0 aliphatic carbocycles. The highest BCUT2D eigenvalue weighted by atomic mass is 32.2. The van der Waals surface area contributed by atoms with Crippen LogP contribution in [-0.2, 0) is 0 Å². The summed E-state index contributed by atoms with van der Waals surface area (Å²) in [5.74, 6) is -0.188. The minimum atomic E-state index is -0.760. The minimum absolute atomic E-state index is 0.154. The molecule has 1 atom stereocenters. The second kappa shape index (κ2) is 6.45. The zero-order chi connectivity index (χ0) is 13.7. The molecule has 19 heavy (non-hydrogen) atoms. The van der Waals surface area contributed by atoms with Gasteiger partial charge in [0, 0.05) is 17.0 Å². The number of hydrogen-bond acceptors (Lipinski definition) is 4. The minimum Gasteiger partial charge on any atom is -0.472 e. The molecule has 0 aliphatic rings. The van der Waals surface area contributed by atoms with E-state index in [-0.39, 0.29) is 12.5 Å². The molecular formula is C14H15NO3S. The molecule has 0 spiro atoms. The molecule has 0 bridgehead atoms. The van der Waals surface area contributed by atoms with Gasteiger partial charge in [0.25, 0.3) is 5.91 Å². The van der Waals surface area contributed by atoms with E-state index in [1.165, 1.54) is 24.3 Å². The van der Waals surface area contributed by atoms with Gasteiger partial charge in [-0.15, -0.1) is 11.8 Å². The Balaban J connectivity index is 1.98. The molecule has 0 saturated carbocycles. The van der Waals surface area contributed by atoms with Crippen molar-refractivity contribution in [2.24, 2.45) is 0 Å². The number of nitrogens with one attached hydrogen (secondary N) is 1. The Hall–Kier alpha value is -1.72. The number of carbonyl (C=O) groups excluding carboxylic acids is 1. The van der Waals surface area contributed by atoms with Crippen molar-refractivity contribution in [3.05, 3.63) is 54.0 Å². The van der Waals surface area contributed by atoms with Gasteiger partial charge in [0.05, 0.1) is 24.2 Å². The maximum Gasteiger partial charge on any atom is 0.252 e. The van der Waals surface area contributed by atoms with Crippen LogP contribution >= 0.6 is 11.8 Å². The fourth-order valence-corrected chi connectivity index (χ4v) is 2.29. The summed E-state index contributed by atoms with van der Waals surface area (Å²) < 4.78 is 4.89. The van der Waals surface area contributed by atoms with Gasteiger partial charge in [-0.3, -0.25) is 4.79 Å². The Morgan fingerprint density at radius 3 is 2.89 bits per heavy atom. The van der Waals surface area contributed by atoms with E-state index in [4.69, 9.17) is 4.42 Å². The summed E-state index contributed by atoms with van der Waals surface area (Å²) in [4.78, 5) is 13.0. The van der Waals surface area contributed by atoms with Gasteiger partial charge in [0.1, 0.15) is 0 Å². The summed E-state index contributed by atoms with van der Waals surface area (Å²) in [6.45, 7) is 0.154. The van der Waals surface area contributed by atoms with Gasteiger partial charge in [0.15, 0.2) is 0 Å². The highest BCUT2D eigenvalue weighted by Crippen LogP contribution is 2.20. The third kappa shape index (κ3) is 3.39. The first-order chi connectivity index (χ1) is 9.22. The number of amides is 1. The van der Waals surface area contributed by atoms with Crippen molar-refractivity contribution in [2.45, 2.75) is 11.0 Å². The standard InChI is InChI=1S/C14H15NO3S/c1-19-13-5-3-2-4-11(13)14(17)15-8-12(16)10-6-7-18-9-10/h2-7,9,12,16H,8H2,1H3,(H,15,17)/t12-/m1/s1. The molecule has 0 saturated heterocycles. The van der Waals surface area contributed by atoms with Crippen molar-refractivity contribution < 1.29 is 14.3 Å². The van der Waals surface area contributed by atoms with Gasteiger partial charge in [0.2, 0.25) is 0 Å². The Bertz CT molecular complexity index is 539. The van der Waals surface area contributed by atoms with Crippen molar-refractivity contribution in [1.82, 2.24) is 5.32 Å². The van der Waals surface area contributed by atoms with E-state index in [0.29, 0.717) is 11.1 Å². The molecule has 0 aliphatic heterocycles. The van der Waals surface area contributed by atoms with Crippen LogP contribution in [0.2, 0.25) is 0 Å². The highest BCUT2D eigenvalue weighted by molar-refractivity contribution is 7.98. The molecule has 0 radical (unpaired) electrons. The average Bonchev–Trinajstić information content (AvgIpc) is 2.98. The van der Waals surface area contributed by atoms with Crippen LogP contribution < -0.4 is 5.32 Å². The zero-order valence-corrected chi connectivity index (χ0v) is 11.3. The van der Waals surface area contributed by atoms with E-state index in [2.05, 4.69) is 5.32 Å². The van der Waals surface area contributed by atoms with Crippen LogP contribution in [0.5, 0.6) is 0 Å². The molecule has 0 fully saturated rings. The third-order valence-electron chi connectivity index (χ3n) is 2.74. The summed E-state index contributed by atoms with van der Waals surface area (Å²) in [6, 6.07) is 9.05. The van der Waals surface area contributed by atoms with Gasteiger partial charge in [-0.25, -0.2) is 0 Å². The Morgan fingerprint density at radius 1 is 1.42 bits per heavy atom. The number of rotatable bonds is 5. The van der Waals surface area contributed by atoms with Crippen LogP contribution in [0.3, 0.4) is 0 Å². The quantitative estimate of drug-likeness (QED) is 0.824. The van der Waals surface area contributed by atoms with E-state index < -0.39 is 6.10 Å². The van der Waals surface area contributed by atoms with E-state index in [0.717, 1.165) is 4.90 Å². The van der Waals surface area contributed by atoms with E-state index in [1.54, 1.807) is 12.1 Å². The lowest BCUT2D eigenvalue weighted by atomic mass is 10.2. The maximum atomic E-state index is 12.0. The third-order valence-corrected chi connectivity index (χ3v) is 3.53. The smallest absolute Gasteiger partial charge is 0.252 e. The molecule has 1 amide bonds. The lowest BCUT2D eigenvalue weighted by Gasteiger charge is -2.11. The summed E-state index contributed by atoms with van der Waals surface area (Å²) in [5, 5.41) is 12.6. The fourth-order valence-electron chi connectivity index (χ4n) is 1.70. The van der Waals surface area contributed by atoms with Crippen molar-refractivity contribution in [3.63, 3.8) is 0 Å². The Kier molecular flexibility index (Phi) is 4.65. The van der Waals surface area contributed by atoms with Gasteiger partial charge >= 0.3 is 0 Å². The zero-order valence-electron chi connectivity index (χ0n) is 10.5. The molecule has 1 aromatic carbocycles. The molecule has 2 rings (SSSR count). The summed E-state index contributed by atoms with van der Waals surface area (Å²) in [7, 11) is 0. The molecule has 4 nitrogen and oxygen atoms in total. The number of hydrogen-bond donors (Lipinski definition) is 2. The monoisotopic (exact) mass is 277 g/mol. The predicted molar refractivity (Wildman–Crippen MR) is 74.2 cm³/mol. The number of furan rings is 1. The van der Waals surface area contributed by atoms with Gasteiger partial charge in [-0.05, 0) is 24.5 Å². The second-order valence-corrected chi connectivity index (χ2v) is 4.83. The fraction of sp³-hybridized carbons (Fsp3) is 0.214. The normalized spacial score (nSPS) is 12.1. The van der Waals surface area contributed by atoms with E-state index in [9.17, 15) is 9.90 Å². The first-order valence-electron chi connectivity index (χ1n) is 5.83. The van der Waals surface area contributed by atoms with Crippen LogP contribution in [-0.4, -0.2) is 23.8 Å². The Morgan fingerprint density at radius 2 is 2.21 bits per heavy atom. The van der Waals surface area contributed by atoms with Crippen LogP contribution in [0.15, 0.2) is 52.2 Å². The molecule has 2 aromatic rings. The van der Waals surface area contributed by atoms with Gasteiger partial charge in [-0.2, -0.15) is 0 Å². The second-order valence-electron chi connectivity index (χ2n) is 3.98. The van der Waals surface area contributed by atoms with Crippen LogP contribution in [0.4, 0.5) is 0 Å². The molecule has 5 heteroatoms. The van der Waals surface area contributed by atoms with Crippen molar-refractivity contribution in [3.8, 4) is 0 Å². The van der Waals surface area contributed by atoms with Crippen LogP contribution in [0.1, 0.15) is 22.0 Å². The van der Waals surface area contributed by atoms with Crippen molar-refractivity contribution >= 4 is 17.7 Å². The number of thioether (sulfide) groups is 1. The molecule has 0 unspecified atom stereocenters. The van der Waals surface area contributed by atoms with Crippen LogP contribution in [0.25, 0.3) is 0 Å². The van der Waals surface area contributed by atoms with Crippen molar-refractivity contribution in [2.75, 3.05) is 12.8 Å². The molecule has 100 valence electrons. The summed E-state index contributed by atoms with van der Waals surface area (Å²) in [6.07, 6.45) is 4.12. The summed E-state index contributed by atoms with van der Waals surface area (Å²) in [5.41, 5.74) is 1.27. The number of carbonyl (C=O) groups is 1. The SMILES string of the molecule is CSc1ccccc1C(=O)NC[C@@H](O)c1ccoc1. The van der Waals surface area contributed by atoms with Crippen LogP contribution in [0, 0.1) is 0 Å². The maximum absolute atomic E-state index is 12.0. The largest absolute Gasteiger partial charge is 0.472 e. The van der Waals surface area contributed by atoms with Gasteiger partial charge < -0.3 is 14.8 Å². The average molecular weight is 277 g/mol. The van der Waals surface area contributed by atoms with Gasteiger partial charge in [-0.1, -0.05) is 12.1 Å². The first kappa shape index (κ1) is 13.7. The predicted octanol–water partition coefficient (Wildman–Crippen LogP) is 2.46. The van der Waals surface area contributed by atoms with Crippen molar-refractivity contribution in [1.29, 1.82) is 0 Å². The number of aliphatic hydroxyl groups is 1. The van der Waals surface area contributed by atoms with E-state index >= 15 is 0 Å². The first-order valence-corrected chi connectivity index (χ1v) is 7.06.